The van der Waals surface area contributed by atoms with Crippen LogP contribution in [-0.2, 0) is 11.3 Å². The molecule has 3 heteroatoms. The monoisotopic (exact) mass is 235 g/mol. The molecule has 0 radical (unpaired) electrons. The first-order valence-corrected chi connectivity index (χ1v) is 6.22. The van der Waals surface area contributed by atoms with E-state index in [1.807, 2.05) is 0 Å². The van der Waals surface area contributed by atoms with Crippen LogP contribution in [-0.4, -0.2) is 41.9 Å². The van der Waals surface area contributed by atoms with E-state index in [2.05, 4.69) is 43.0 Å². The number of rotatable bonds is 3. The van der Waals surface area contributed by atoms with Gasteiger partial charge in [-0.1, -0.05) is 24.3 Å². The van der Waals surface area contributed by atoms with E-state index in [-0.39, 0.29) is 18.8 Å². The minimum atomic E-state index is -0.0391. The van der Waals surface area contributed by atoms with Gasteiger partial charge in [-0.2, -0.15) is 0 Å². The highest BCUT2D eigenvalue weighted by Crippen LogP contribution is 2.16. The smallest absolute Gasteiger partial charge is 0.0936 e. The van der Waals surface area contributed by atoms with Crippen molar-refractivity contribution in [1.82, 2.24) is 4.90 Å². The average molecular weight is 235 g/mol. The van der Waals surface area contributed by atoms with Gasteiger partial charge < -0.3 is 9.84 Å². The fourth-order valence-electron chi connectivity index (χ4n) is 2.40. The Balaban J connectivity index is 2.01. The highest BCUT2D eigenvalue weighted by atomic mass is 16.5. The summed E-state index contributed by atoms with van der Waals surface area (Å²) in [7, 11) is 0. The summed E-state index contributed by atoms with van der Waals surface area (Å²) in [4.78, 5) is 2.36. The van der Waals surface area contributed by atoms with Gasteiger partial charge in [0, 0.05) is 19.6 Å². The van der Waals surface area contributed by atoms with Crippen LogP contribution in [0, 0.1) is 6.92 Å². The summed E-state index contributed by atoms with van der Waals surface area (Å²) in [5.41, 5.74) is 2.69. The molecule has 1 aliphatic rings. The summed E-state index contributed by atoms with van der Waals surface area (Å²) in [6, 6.07) is 8.46. The van der Waals surface area contributed by atoms with Crippen LogP contribution in [0.25, 0.3) is 0 Å². The van der Waals surface area contributed by atoms with Crippen LogP contribution >= 0.6 is 0 Å². The van der Waals surface area contributed by atoms with E-state index in [0.717, 1.165) is 19.6 Å². The molecule has 1 aromatic rings. The van der Waals surface area contributed by atoms with Crippen LogP contribution in [0.2, 0.25) is 0 Å². The lowest BCUT2D eigenvalue weighted by molar-refractivity contribution is -0.0972. The second-order valence-electron chi connectivity index (χ2n) is 4.87. The average Bonchev–Trinajstić information content (AvgIpc) is 2.31. The highest BCUT2D eigenvalue weighted by molar-refractivity contribution is 5.25. The van der Waals surface area contributed by atoms with E-state index in [1.54, 1.807) is 0 Å². The minimum absolute atomic E-state index is 0.0391. The van der Waals surface area contributed by atoms with Gasteiger partial charge in [0.15, 0.2) is 0 Å². The summed E-state index contributed by atoms with van der Waals surface area (Å²) in [6.45, 7) is 7.00. The molecule has 0 aliphatic carbocycles. The van der Waals surface area contributed by atoms with Crippen molar-refractivity contribution in [1.29, 1.82) is 0 Å². The van der Waals surface area contributed by atoms with Crippen LogP contribution in [0.1, 0.15) is 18.1 Å². The van der Waals surface area contributed by atoms with Crippen molar-refractivity contribution in [2.24, 2.45) is 0 Å². The lowest BCUT2D eigenvalue weighted by Crippen LogP contribution is -2.47. The maximum Gasteiger partial charge on any atom is 0.0936 e. The molecule has 1 saturated heterocycles. The topological polar surface area (TPSA) is 32.7 Å². The summed E-state index contributed by atoms with van der Waals surface area (Å²) < 4.78 is 5.64. The zero-order chi connectivity index (χ0) is 12.3. The Kier molecular flexibility index (Phi) is 4.15. The van der Waals surface area contributed by atoms with Crippen molar-refractivity contribution in [3.05, 3.63) is 35.4 Å². The van der Waals surface area contributed by atoms with Gasteiger partial charge in [0.2, 0.25) is 0 Å². The third-order valence-electron chi connectivity index (χ3n) is 3.26. The number of benzene rings is 1. The standard InChI is InChI=1S/C14H21NO2/c1-11-5-3-4-6-13(11)8-15-7-12(2)17-14(9-15)10-16/h3-6,12,14,16H,7-10H2,1-2H3. The quantitative estimate of drug-likeness (QED) is 0.863. The van der Waals surface area contributed by atoms with Crippen molar-refractivity contribution < 1.29 is 9.84 Å². The van der Waals surface area contributed by atoms with Gasteiger partial charge in [-0.3, -0.25) is 4.90 Å². The fraction of sp³-hybridized carbons (Fsp3) is 0.571. The van der Waals surface area contributed by atoms with E-state index >= 15 is 0 Å². The largest absolute Gasteiger partial charge is 0.394 e. The minimum Gasteiger partial charge on any atom is -0.394 e. The van der Waals surface area contributed by atoms with Crippen molar-refractivity contribution in [2.75, 3.05) is 19.7 Å². The van der Waals surface area contributed by atoms with E-state index in [9.17, 15) is 5.11 Å². The SMILES string of the molecule is Cc1ccccc1CN1CC(C)OC(CO)C1. The van der Waals surface area contributed by atoms with Crippen molar-refractivity contribution in [3.8, 4) is 0 Å². The molecule has 0 spiro atoms. The molecule has 1 N–H and O–H groups in total. The third-order valence-corrected chi connectivity index (χ3v) is 3.26. The molecule has 17 heavy (non-hydrogen) atoms. The van der Waals surface area contributed by atoms with Crippen LogP contribution in [0.15, 0.2) is 24.3 Å². The van der Waals surface area contributed by atoms with Gasteiger partial charge in [0.05, 0.1) is 18.8 Å². The summed E-state index contributed by atoms with van der Waals surface area (Å²) in [6.07, 6.45) is 0.160. The van der Waals surface area contributed by atoms with Gasteiger partial charge >= 0.3 is 0 Å². The van der Waals surface area contributed by atoms with E-state index in [4.69, 9.17) is 4.74 Å². The van der Waals surface area contributed by atoms with Crippen LogP contribution in [0.5, 0.6) is 0 Å². The number of ether oxygens (including phenoxy) is 1. The molecule has 1 heterocycles. The lowest BCUT2D eigenvalue weighted by Gasteiger charge is -2.36. The molecule has 2 atom stereocenters. The summed E-state index contributed by atoms with van der Waals surface area (Å²) >= 11 is 0. The second kappa shape index (κ2) is 5.63. The first-order valence-electron chi connectivity index (χ1n) is 6.22. The van der Waals surface area contributed by atoms with Crippen LogP contribution in [0.3, 0.4) is 0 Å². The number of aryl methyl sites for hydroxylation is 1. The van der Waals surface area contributed by atoms with Crippen molar-refractivity contribution >= 4 is 0 Å². The van der Waals surface area contributed by atoms with Gasteiger partial charge in [-0.15, -0.1) is 0 Å². The molecular weight excluding hydrogens is 214 g/mol. The zero-order valence-corrected chi connectivity index (χ0v) is 10.6. The Bertz CT molecular complexity index is 367. The van der Waals surface area contributed by atoms with Crippen molar-refractivity contribution in [3.63, 3.8) is 0 Å². The Hall–Kier alpha value is -0.900. The predicted molar refractivity (Wildman–Crippen MR) is 67.9 cm³/mol. The third kappa shape index (κ3) is 3.28. The first kappa shape index (κ1) is 12.6. The maximum atomic E-state index is 9.20. The van der Waals surface area contributed by atoms with Gasteiger partial charge in [-0.25, -0.2) is 0 Å². The van der Waals surface area contributed by atoms with Crippen LogP contribution in [0.4, 0.5) is 0 Å². The number of hydrogen-bond acceptors (Lipinski definition) is 3. The Morgan fingerprint density at radius 1 is 1.35 bits per heavy atom. The number of morpholine rings is 1. The highest BCUT2D eigenvalue weighted by Gasteiger charge is 2.24. The lowest BCUT2D eigenvalue weighted by atomic mass is 10.1. The molecule has 0 saturated carbocycles. The second-order valence-corrected chi connectivity index (χ2v) is 4.87. The Morgan fingerprint density at radius 2 is 2.12 bits per heavy atom. The molecule has 2 unspecified atom stereocenters. The molecule has 3 nitrogen and oxygen atoms in total. The van der Waals surface area contributed by atoms with Gasteiger partial charge in [0.25, 0.3) is 0 Å². The molecular formula is C14H21NO2. The molecule has 2 rings (SSSR count). The molecule has 0 bridgehead atoms. The molecule has 0 aromatic heterocycles. The number of nitrogens with zero attached hydrogens (tertiary/aromatic N) is 1. The molecule has 1 aromatic carbocycles. The molecule has 94 valence electrons. The first-order chi connectivity index (χ1) is 8.19. The Morgan fingerprint density at radius 3 is 2.82 bits per heavy atom. The zero-order valence-electron chi connectivity index (χ0n) is 10.6. The number of aliphatic hydroxyl groups excluding tert-OH is 1. The van der Waals surface area contributed by atoms with Crippen LogP contribution < -0.4 is 0 Å². The predicted octanol–water partition coefficient (Wildman–Crippen LogP) is 1.58. The number of hydrogen-bond donors (Lipinski definition) is 1. The summed E-state index contributed by atoms with van der Waals surface area (Å²) in [5.74, 6) is 0. The van der Waals surface area contributed by atoms with E-state index in [0.29, 0.717) is 0 Å². The molecule has 0 amide bonds. The summed E-state index contributed by atoms with van der Waals surface area (Å²) in [5, 5.41) is 9.20. The molecule has 1 aliphatic heterocycles. The van der Waals surface area contributed by atoms with Gasteiger partial charge in [0.1, 0.15) is 0 Å². The van der Waals surface area contributed by atoms with Gasteiger partial charge in [-0.05, 0) is 25.0 Å². The fourth-order valence-corrected chi connectivity index (χ4v) is 2.40. The van der Waals surface area contributed by atoms with E-state index < -0.39 is 0 Å². The van der Waals surface area contributed by atoms with Crippen molar-refractivity contribution in [2.45, 2.75) is 32.6 Å². The molecule has 1 fully saturated rings. The Labute approximate surface area is 103 Å². The maximum absolute atomic E-state index is 9.20. The normalized spacial score (nSPS) is 26.1. The number of aliphatic hydroxyl groups is 1. The van der Waals surface area contributed by atoms with E-state index in [1.165, 1.54) is 11.1 Å².